The summed E-state index contributed by atoms with van der Waals surface area (Å²) >= 11 is 0. The SMILES string of the molecule is CCOc1ccccc1N1C(=O)/C(=C\c2cccc(Oc3ccccc3)c2)N=C1c1ccccc1. The second-order valence-corrected chi connectivity index (χ2v) is 7.86. The smallest absolute Gasteiger partial charge is 0.282 e. The fourth-order valence-electron chi connectivity index (χ4n) is 3.89. The summed E-state index contributed by atoms with van der Waals surface area (Å²) in [7, 11) is 0. The van der Waals surface area contributed by atoms with Gasteiger partial charge < -0.3 is 9.47 Å². The first-order chi connectivity index (χ1) is 17.2. The van der Waals surface area contributed by atoms with Gasteiger partial charge in [-0.3, -0.25) is 9.69 Å². The maximum Gasteiger partial charge on any atom is 0.282 e. The van der Waals surface area contributed by atoms with Crippen LogP contribution in [0, 0.1) is 0 Å². The Morgan fingerprint density at radius 1 is 0.800 bits per heavy atom. The number of anilines is 1. The zero-order valence-corrected chi connectivity index (χ0v) is 19.3. The summed E-state index contributed by atoms with van der Waals surface area (Å²) < 4.78 is 11.8. The molecule has 0 N–H and O–H groups in total. The summed E-state index contributed by atoms with van der Waals surface area (Å²) in [6.07, 6.45) is 1.78. The number of carbonyl (C=O) groups is 1. The van der Waals surface area contributed by atoms with E-state index in [1.165, 1.54) is 0 Å². The van der Waals surface area contributed by atoms with Crippen LogP contribution in [0.25, 0.3) is 6.08 Å². The number of nitrogens with zero attached hydrogens (tertiary/aromatic N) is 2. The van der Waals surface area contributed by atoms with Crippen molar-refractivity contribution in [3.05, 3.63) is 126 Å². The van der Waals surface area contributed by atoms with Crippen LogP contribution in [-0.2, 0) is 4.79 Å². The molecule has 0 fully saturated rings. The van der Waals surface area contributed by atoms with Crippen molar-refractivity contribution in [1.29, 1.82) is 0 Å². The second kappa shape index (κ2) is 10.1. The molecule has 0 aliphatic carbocycles. The second-order valence-electron chi connectivity index (χ2n) is 7.86. The van der Waals surface area contributed by atoms with Gasteiger partial charge in [0.1, 0.15) is 28.8 Å². The zero-order valence-electron chi connectivity index (χ0n) is 19.3. The highest BCUT2D eigenvalue weighted by Crippen LogP contribution is 2.35. The molecule has 5 heteroatoms. The normalized spacial score (nSPS) is 14.2. The van der Waals surface area contributed by atoms with E-state index in [1.54, 1.807) is 11.0 Å². The Morgan fingerprint density at radius 3 is 2.26 bits per heavy atom. The van der Waals surface area contributed by atoms with Crippen LogP contribution in [0.1, 0.15) is 18.1 Å². The summed E-state index contributed by atoms with van der Waals surface area (Å²) in [5.74, 6) is 2.40. The third-order valence-corrected chi connectivity index (χ3v) is 5.44. The number of rotatable bonds is 7. The van der Waals surface area contributed by atoms with E-state index >= 15 is 0 Å². The van der Waals surface area contributed by atoms with Crippen molar-refractivity contribution in [3.63, 3.8) is 0 Å². The molecule has 0 bridgehead atoms. The standard InChI is InChI=1S/C30H24N2O3/c1-2-34-28-19-10-9-18-27(28)32-29(23-13-5-3-6-14-23)31-26(30(32)33)21-22-12-11-17-25(20-22)35-24-15-7-4-8-16-24/h3-21H,2H2,1H3/b26-21+. The maximum atomic E-state index is 13.7. The Morgan fingerprint density at radius 2 is 1.49 bits per heavy atom. The van der Waals surface area contributed by atoms with Crippen LogP contribution in [0.4, 0.5) is 5.69 Å². The van der Waals surface area contributed by atoms with Gasteiger partial charge >= 0.3 is 0 Å². The van der Waals surface area contributed by atoms with E-state index in [9.17, 15) is 4.79 Å². The third kappa shape index (κ3) is 4.84. The van der Waals surface area contributed by atoms with Crippen molar-refractivity contribution in [2.45, 2.75) is 6.92 Å². The average Bonchev–Trinajstić information content (AvgIpc) is 3.21. The van der Waals surface area contributed by atoms with E-state index in [-0.39, 0.29) is 5.91 Å². The van der Waals surface area contributed by atoms with Crippen molar-refractivity contribution in [3.8, 4) is 17.2 Å². The number of benzene rings is 4. The Balaban J connectivity index is 1.54. The van der Waals surface area contributed by atoms with Crippen LogP contribution in [0.15, 0.2) is 120 Å². The van der Waals surface area contributed by atoms with Gasteiger partial charge in [-0.2, -0.15) is 0 Å². The molecule has 0 unspecified atom stereocenters. The maximum absolute atomic E-state index is 13.7. The molecule has 1 amide bonds. The molecule has 0 spiro atoms. The van der Waals surface area contributed by atoms with Crippen molar-refractivity contribution in [2.75, 3.05) is 11.5 Å². The third-order valence-electron chi connectivity index (χ3n) is 5.44. The first-order valence-electron chi connectivity index (χ1n) is 11.5. The Labute approximate surface area is 204 Å². The first-order valence-corrected chi connectivity index (χ1v) is 11.5. The van der Waals surface area contributed by atoms with Crippen LogP contribution < -0.4 is 14.4 Å². The molecule has 172 valence electrons. The van der Waals surface area contributed by atoms with E-state index in [2.05, 4.69) is 0 Å². The van der Waals surface area contributed by atoms with E-state index in [4.69, 9.17) is 14.5 Å². The van der Waals surface area contributed by atoms with Gasteiger partial charge in [-0.1, -0.05) is 72.8 Å². The van der Waals surface area contributed by atoms with Gasteiger partial charge in [0, 0.05) is 5.56 Å². The molecule has 0 radical (unpaired) electrons. The topological polar surface area (TPSA) is 51.1 Å². The lowest BCUT2D eigenvalue weighted by atomic mass is 10.1. The van der Waals surface area contributed by atoms with Crippen LogP contribution in [-0.4, -0.2) is 18.3 Å². The predicted molar refractivity (Wildman–Crippen MR) is 139 cm³/mol. The zero-order chi connectivity index (χ0) is 24.0. The van der Waals surface area contributed by atoms with Crippen LogP contribution in [0.3, 0.4) is 0 Å². The minimum Gasteiger partial charge on any atom is -0.492 e. The number of hydrogen-bond acceptors (Lipinski definition) is 4. The summed E-state index contributed by atoms with van der Waals surface area (Å²) in [5.41, 5.74) is 2.66. The lowest BCUT2D eigenvalue weighted by Crippen LogP contribution is -2.33. The van der Waals surface area contributed by atoms with E-state index < -0.39 is 0 Å². The van der Waals surface area contributed by atoms with Gasteiger partial charge in [0.25, 0.3) is 5.91 Å². The summed E-state index contributed by atoms with van der Waals surface area (Å²) in [5, 5.41) is 0. The lowest BCUT2D eigenvalue weighted by Gasteiger charge is -2.21. The summed E-state index contributed by atoms with van der Waals surface area (Å²) in [6.45, 7) is 2.42. The van der Waals surface area contributed by atoms with Crippen molar-refractivity contribution in [2.24, 2.45) is 4.99 Å². The highest BCUT2D eigenvalue weighted by molar-refractivity contribution is 6.33. The van der Waals surface area contributed by atoms with Crippen LogP contribution in [0.5, 0.6) is 17.2 Å². The van der Waals surface area contributed by atoms with Crippen molar-refractivity contribution >= 4 is 23.5 Å². The fourth-order valence-corrected chi connectivity index (χ4v) is 3.89. The number of amidine groups is 1. The molecule has 35 heavy (non-hydrogen) atoms. The van der Waals surface area contributed by atoms with Gasteiger partial charge in [0.15, 0.2) is 0 Å². The van der Waals surface area contributed by atoms with Gasteiger partial charge in [-0.05, 0) is 55.0 Å². The molecule has 1 aliphatic heterocycles. The molecule has 5 nitrogen and oxygen atoms in total. The van der Waals surface area contributed by atoms with E-state index in [0.29, 0.717) is 35.3 Å². The van der Waals surface area contributed by atoms with Gasteiger partial charge in [-0.25, -0.2) is 4.99 Å². The largest absolute Gasteiger partial charge is 0.492 e. The average molecular weight is 461 g/mol. The van der Waals surface area contributed by atoms with E-state index in [1.807, 2.05) is 116 Å². The molecule has 0 atom stereocenters. The molecular formula is C30H24N2O3. The van der Waals surface area contributed by atoms with Gasteiger partial charge in [0.05, 0.1) is 12.3 Å². The van der Waals surface area contributed by atoms with Crippen molar-refractivity contribution in [1.82, 2.24) is 0 Å². The summed E-state index contributed by atoms with van der Waals surface area (Å²) in [6, 6.07) is 34.4. The Hall–Kier alpha value is -4.64. The quantitative estimate of drug-likeness (QED) is 0.288. The first kappa shape index (κ1) is 22.2. The number of aliphatic imine (C=N–C) groups is 1. The molecular weight excluding hydrogens is 436 g/mol. The lowest BCUT2D eigenvalue weighted by molar-refractivity contribution is -0.113. The highest BCUT2D eigenvalue weighted by atomic mass is 16.5. The molecule has 4 aromatic rings. The molecule has 0 saturated heterocycles. The van der Waals surface area contributed by atoms with E-state index in [0.717, 1.165) is 16.9 Å². The minimum atomic E-state index is -0.217. The minimum absolute atomic E-state index is 0.217. The Kier molecular flexibility index (Phi) is 6.39. The Bertz CT molecular complexity index is 1400. The fraction of sp³-hybridized carbons (Fsp3) is 0.0667. The molecule has 4 aromatic carbocycles. The molecule has 0 saturated carbocycles. The number of ether oxygens (including phenoxy) is 2. The predicted octanol–water partition coefficient (Wildman–Crippen LogP) is 6.71. The number of carbonyl (C=O) groups excluding carboxylic acids is 1. The van der Waals surface area contributed by atoms with Crippen LogP contribution in [0.2, 0.25) is 0 Å². The number of amides is 1. The van der Waals surface area contributed by atoms with Gasteiger partial charge in [0.2, 0.25) is 0 Å². The highest BCUT2D eigenvalue weighted by Gasteiger charge is 2.34. The number of hydrogen-bond donors (Lipinski definition) is 0. The molecule has 5 rings (SSSR count). The number of para-hydroxylation sites is 3. The molecule has 0 aromatic heterocycles. The monoisotopic (exact) mass is 460 g/mol. The van der Waals surface area contributed by atoms with Crippen LogP contribution >= 0.6 is 0 Å². The molecule has 1 heterocycles. The van der Waals surface area contributed by atoms with Crippen molar-refractivity contribution < 1.29 is 14.3 Å². The molecule has 1 aliphatic rings. The summed E-state index contributed by atoms with van der Waals surface area (Å²) in [4.78, 5) is 20.1. The van der Waals surface area contributed by atoms with Gasteiger partial charge in [-0.15, -0.1) is 0 Å².